The van der Waals surface area contributed by atoms with E-state index in [4.69, 9.17) is 0 Å². The predicted molar refractivity (Wildman–Crippen MR) is 85.7 cm³/mol. The Balaban J connectivity index is 2.49. The highest BCUT2D eigenvalue weighted by Gasteiger charge is 2.07. The molecule has 0 unspecified atom stereocenters. The maximum Gasteiger partial charge on any atom is 0.0693 e. The van der Waals surface area contributed by atoms with Crippen LogP contribution in [-0.2, 0) is 0 Å². The maximum absolute atomic E-state index is 9.38. The van der Waals surface area contributed by atoms with E-state index in [1.54, 1.807) is 6.92 Å². The fourth-order valence-corrected chi connectivity index (χ4v) is 3.04. The third kappa shape index (κ3) is 8.12. The van der Waals surface area contributed by atoms with Crippen molar-refractivity contribution in [1.29, 1.82) is 0 Å². The number of thioether (sulfide) groups is 1. The van der Waals surface area contributed by atoms with Crippen molar-refractivity contribution in [3.8, 4) is 0 Å². The molecular formula is C17H26OS. The molecule has 0 amide bonds. The zero-order valence-corrected chi connectivity index (χ0v) is 12.9. The van der Waals surface area contributed by atoms with Gasteiger partial charge in [-0.1, -0.05) is 63.0 Å². The van der Waals surface area contributed by atoms with Gasteiger partial charge >= 0.3 is 0 Å². The summed E-state index contributed by atoms with van der Waals surface area (Å²) in [6, 6.07) is 10.5. The quantitative estimate of drug-likeness (QED) is 0.387. The van der Waals surface area contributed by atoms with Crippen molar-refractivity contribution in [2.45, 2.75) is 62.2 Å². The highest BCUT2D eigenvalue weighted by atomic mass is 32.2. The minimum atomic E-state index is -0.352. The zero-order chi connectivity index (χ0) is 13.9. The van der Waals surface area contributed by atoms with Crippen LogP contribution >= 0.6 is 11.8 Å². The fourth-order valence-electron chi connectivity index (χ4n) is 1.93. The summed E-state index contributed by atoms with van der Waals surface area (Å²) in [5.74, 6) is 0. The van der Waals surface area contributed by atoms with Gasteiger partial charge in [-0.2, -0.15) is 0 Å². The summed E-state index contributed by atoms with van der Waals surface area (Å²) in [7, 11) is 0. The Labute approximate surface area is 122 Å². The van der Waals surface area contributed by atoms with Crippen LogP contribution in [0.1, 0.15) is 46.0 Å². The maximum atomic E-state index is 9.38. The Morgan fingerprint density at radius 3 is 2.47 bits per heavy atom. The topological polar surface area (TPSA) is 20.2 Å². The molecule has 1 rings (SSSR count). The van der Waals surface area contributed by atoms with Crippen LogP contribution < -0.4 is 0 Å². The van der Waals surface area contributed by atoms with Crippen LogP contribution in [0.5, 0.6) is 0 Å². The summed E-state index contributed by atoms with van der Waals surface area (Å²) in [6.45, 7) is 4.04. The Kier molecular flexibility index (Phi) is 8.68. The number of rotatable bonds is 9. The minimum absolute atomic E-state index is 0.352. The number of aliphatic hydroxyl groups excluding tert-OH is 1. The SMILES string of the molecule is CCCCCC[C@H](/C=C/[C@@H](C)O)Sc1ccccc1. The molecule has 2 heteroatoms. The van der Waals surface area contributed by atoms with Crippen molar-refractivity contribution in [2.75, 3.05) is 0 Å². The van der Waals surface area contributed by atoms with Crippen molar-refractivity contribution < 1.29 is 5.11 Å². The number of hydrogen-bond acceptors (Lipinski definition) is 2. The van der Waals surface area contributed by atoms with Gasteiger partial charge in [0.15, 0.2) is 0 Å². The standard InChI is InChI=1S/C17H26OS/c1-3-4-5-7-12-17(14-13-15(2)18)19-16-10-8-6-9-11-16/h6,8-11,13-15,17-18H,3-5,7,12H2,1-2H3/b14-13+/t15-,17-/m1/s1. The van der Waals surface area contributed by atoms with Gasteiger partial charge in [-0.25, -0.2) is 0 Å². The molecule has 0 aliphatic heterocycles. The van der Waals surface area contributed by atoms with E-state index in [1.807, 2.05) is 23.9 Å². The molecule has 2 atom stereocenters. The second-order valence-electron chi connectivity index (χ2n) is 4.94. The lowest BCUT2D eigenvalue weighted by Gasteiger charge is -2.13. The van der Waals surface area contributed by atoms with Gasteiger partial charge in [0, 0.05) is 10.1 Å². The molecule has 0 saturated heterocycles. The summed E-state index contributed by atoms with van der Waals surface area (Å²) in [5.41, 5.74) is 0. The summed E-state index contributed by atoms with van der Waals surface area (Å²) in [4.78, 5) is 1.30. The van der Waals surface area contributed by atoms with E-state index in [-0.39, 0.29) is 6.10 Å². The van der Waals surface area contributed by atoms with Crippen molar-refractivity contribution in [2.24, 2.45) is 0 Å². The summed E-state index contributed by atoms with van der Waals surface area (Å²) in [5, 5.41) is 9.85. The van der Waals surface area contributed by atoms with Crippen LogP contribution in [0.3, 0.4) is 0 Å². The third-order valence-corrected chi connectivity index (χ3v) is 4.22. The van der Waals surface area contributed by atoms with Gasteiger partial charge in [0.1, 0.15) is 0 Å². The first-order valence-corrected chi connectivity index (χ1v) is 8.18. The number of unbranched alkanes of at least 4 members (excludes halogenated alkanes) is 3. The monoisotopic (exact) mass is 278 g/mol. The molecule has 1 aromatic carbocycles. The average molecular weight is 278 g/mol. The molecule has 0 aliphatic carbocycles. The highest BCUT2D eigenvalue weighted by Crippen LogP contribution is 2.27. The largest absolute Gasteiger partial charge is 0.389 e. The van der Waals surface area contributed by atoms with Crippen LogP contribution in [0.4, 0.5) is 0 Å². The van der Waals surface area contributed by atoms with Crippen LogP contribution in [-0.4, -0.2) is 16.5 Å². The summed E-state index contributed by atoms with van der Waals surface area (Å²) in [6.07, 6.45) is 10.1. The molecule has 0 heterocycles. The summed E-state index contributed by atoms with van der Waals surface area (Å²) >= 11 is 1.89. The number of aliphatic hydroxyl groups is 1. The van der Waals surface area contributed by atoms with E-state index >= 15 is 0 Å². The van der Waals surface area contributed by atoms with Gasteiger partial charge in [0.05, 0.1) is 6.10 Å². The van der Waals surface area contributed by atoms with Gasteiger partial charge < -0.3 is 5.11 Å². The lowest BCUT2D eigenvalue weighted by Crippen LogP contribution is -2.01. The Bertz CT molecular complexity index is 346. The summed E-state index contributed by atoms with van der Waals surface area (Å²) < 4.78 is 0. The molecule has 0 bridgehead atoms. The first-order valence-electron chi connectivity index (χ1n) is 7.30. The first kappa shape index (κ1) is 16.3. The average Bonchev–Trinajstić information content (AvgIpc) is 2.41. The van der Waals surface area contributed by atoms with E-state index in [1.165, 1.54) is 37.0 Å². The molecular weight excluding hydrogens is 252 g/mol. The third-order valence-electron chi connectivity index (χ3n) is 2.98. The number of hydrogen-bond donors (Lipinski definition) is 1. The van der Waals surface area contributed by atoms with Gasteiger partial charge in [-0.05, 0) is 25.5 Å². The number of benzene rings is 1. The van der Waals surface area contributed by atoms with E-state index in [2.05, 4.69) is 37.3 Å². The van der Waals surface area contributed by atoms with Crippen molar-refractivity contribution in [3.63, 3.8) is 0 Å². The normalized spacial score (nSPS) is 14.7. The molecule has 0 fully saturated rings. The molecule has 0 spiro atoms. The van der Waals surface area contributed by atoms with Crippen molar-refractivity contribution in [1.82, 2.24) is 0 Å². The second kappa shape index (κ2) is 10.1. The lowest BCUT2D eigenvalue weighted by atomic mass is 10.1. The molecule has 0 saturated carbocycles. The molecule has 106 valence electrons. The molecule has 0 aromatic heterocycles. The first-order chi connectivity index (χ1) is 9.22. The fraction of sp³-hybridized carbons (Fsp3) is 0.529. The second-order valence-corrected chi connectivity index (χ2v) is 6.26. The molecule has 0 aliphatic rings. The van der Waals surface area contributed by atoms with Crippen LogP contribution in [0.15, 0.2) is 47.4 Å². The molecule has 1 aromatic rings. The van der Waals surface area contributed by atoms with Gasteiger partial charge in [-0.3, -0.25) is 0 Å². The molecule has 0 radical (unpaired) electrons. The minimum Gasteiger partial charge on any atom is -0.389 e. The van der Waals surface area contributed by atoms with Crippen molar-refractivity contribution >= 4 is 11.8 Å². The van der Waals surface area contributed by atoms with Gasteiger partial charge in [0.25, 0.3) is 0 Å². The van der Waals surface area contributed by atoms with Crippen LogP contribution in [0, 0.1) is 0 Å². The van der Waals surface area contributed by atoms with Crippen LogP contribution in [0.25, 0.3) is 0 Å². The lowest BCUT2D eigenvalue weighted by molar-refractivity contribution is 0.244. The van der Waals surface area contributed by atoms with E-state index in [0.717, 1.165) is 0 Å². The van der Waals surface area contributed by atoms with E-state index < -0.39 is 0 Å². The molecule has 1 N–H and O–H groups in total. The Morgan fingerprint density at radius 2 is 1.84 bits per heavy atom. The van der Waals surface area contributed by atoms with Crippen molar-refractivity contribution in [3.05, 3.63) is 42.5 Å². The highest BCUT2D eigenvalue weighted by molar-refractivity contribution is 8.00. The molecule has 1 nitrogen and oxygen atoms in total. The van der Waals surface area contributed by atoms with Crippen LogP contribution in [0.2, 0.25) is 0 Å². The van der Waals surface area contributed by atoms with Gasteiger partial charge in [-0.15, -0.1) is 11.8 Å². The van der Waals surface area contributed by atoms with E-state index in [0.29, 0.717) is 5.25 Å². The van der Waals surface area contributed by atoms with E-state index in [9.17, 15) is 5.11 Å². The molecule has 19 heavy (non-hydrogen) atoms. The Hall–Kier alpha value is -0.730. The smallest absolute Gasteiger partial charge is 0.0693 e. The predicted octanol–water partition coefficient (Wildman–Crippen LogP) is 5.05. The van der Waals surface area contributed by atoms with Gasteiger partial charge in [0.2, 0.25) is 0 Å². The Morgan fingerprint density at radius 1 is 1.11 bits per heavy atom. The zero-order valence-electron chi connectivity index (χ0n) is 12.1.